The normalized spacial score (nSPS) is 24.5. The molecule has 3 atom stereocenters. The summed E-state index contributed by atoms with van der Waals surface area (Å²) in [5, 5.41) is 12.4. The maximum Gasteiger partial charge on any atom is 0.151 e. The number of fused-ring (bicyclic) bond motifs is 4. The van der Waals surface area contributed by atoms with Gasteiger partial charge in [0.05, 0.1) is 11.4 Å². The first kappa shape index (κ1) is 18.5. The first-order valence-corrected chi connectivity index (χ1v) is 11.0. The Kier molecular flexibility index (Phi) is 4.70. The van der Waals surface area contributed by atoms with E-state index < -0.39 is 0 Å². The number of amidine groups is 1. The summed E-state index contributed by atoms with van der Waals surface area (Å²) >= 11 is 0. The smallest absolute Gasteiger partial charge is 0.151 e. The van der Waals surface area contributed by atoms with Crippen LogP contribution >= 0.6 is 0 Å². The molecular formula is C24H30N4O. The Hall–Kier alpha value is -2.53. The molecule has 0 aliphatic carbocycles. The molecule has 5 heteroatoms. The first-order valence-electron chi connectivity index (χ1n) is 11.0. The lowest BCUT2D eigenvalue weighted by Crippen LogP contribution is -2.47. The van der Waals surface area contributed by atoms with Crippen LogP contribution in [0.2, 0.25) is 0 Å². The fourth-order valence-corrected chi connectivity index (χ4v) is 5.29. The minimum Gasteiger partial charge on any atom is -0.453 e. The molecule has 5 nitrogen and oxygen atoms in total. The Morgan fingerprint density at radius 2 is 1.72 bits per heavy atom. The van der Waals surface area contributed by atoms with E-state index in [0.717, 1.165) is 41.5 Å². The molecule has 0 spiro atoms. The Morgan fingerprint density at radius 3 is 2.45 bits per heavy atom. The fourth-order valence-electron chi connectivity index (χ4n) is 5.29. The van der Waals surface area contributed by atoms with E-state index in [1.807, 2.05) is 6.07 Å². The summed E-state index contributed by atoms with van der Waals surface area (Å²) in [6.07, 6.45) is 4.92. The molecule has 2 aromatic carbocycles. The second-order valence-electron chi connectivity index (χ2n) is 8.41. The Labute approximate surface area is 173 Å². The van der Waals surface area contributed by atoms with Gasteiger partial charge >= 0.3 is 0 Å². The molecule has 3 heterocycles. The molecule has 2 bridgehead atoms. The highest BCUT2D eigenvalue weighted by Crippen LogP contribution is 2.50. The lowest BCUT2D eigenvalue weighted by Gasteiger charge is -2.42. The summed E-state index contributed by atoms with van der Waals surface area (Å²) < 4.78 is 6.33. The Balaban J connectivity index is 1.54. The third-order valence-corrected chi connectivity index (χ3v) is 6.73. The zero-order valence-electron chi connectivity index (χ0n) is 17.3. The fraction of sp³-hybridized carbons (Fsp3) is 0.458. The molecule has 0 amide bonds. The molecule has 2 aromatic rings. The lowest BCUT2D eigenvalue weighted by atomic mass is 9.95. The van der Waals surface area contributed by atoms with E-state index in [9.17, 15) is 0 Å². The Morgan fingerprint density at radius 1 is 1.03 bits per heavy atom. The van der Waals surface area contributed by atoms with Gasteiger partial charge in [-0.3, -0.25) is 5.41 Å². The van der Waals surface area contributed by atoms with E-state index in [0.29, 0.717) is 24.0 Å². The van der Waals surface area contributed by atoms with E-state index in [-0.39, 0.29) is 0 Å². The predicted molar refractivity (Wildman–Crippen MR) is 118 cm³/mol. The summed E-state index contributed by atoms with van der Waals surface area (Å²) in [7, 11) is 0. The molecule has 5 rings (SSSR count). The van der Waals surface area contributed by atoms with Gasteiger partial charge in [0.25, 0.3) is 0 Å². The van der Waals surface area contributed by atoms with Crippen molar-refractivity contribution in [1.29, 1.82) is 5.41 Å². The van der Waals surface area contributed by atoms with Gasteiger partial charge in [-0.2, -0.15) is 0 Å². The van der Waals surface area contributed by atoms with Crippen LogP contribution in [0.4, 0.5) is 11.4 Å². The molecule has 3 aliphatic heterocycles. The highest BCUT2D eigenvalue weighted by Gasteiger charge is 2.39. The first-order chi connectivity index (χ1) is 14.2. The van der Waals surface area contributed by atoms with Crippen molar-refractivity contribution in [3.8, 4) is 11.5 Å². The average Bonchev–Trinajstić information content (AvgIpc) is 3.09. The summed E-state index contributed by atoms with van der Waals surface area (Å²) in [6, 6.07) is 16.4. The van der Waals surface area contributed by atoms with Crippen molar-refractivity contribution in [2.75, 3.05) is 18.0 Å². The zero-order valence-corrected chi connectivity index (χ0v) is 17.3. The quantitative estimate of drug-likeness (QED) is 0.577. The largest absolute Gasteiger partial charge is 0.453 e. The number of benzene rings is 2. The van der Waals surface area contributed by atoms with Crippen molar-refractivity contribution in [2.24, 2.45) is 0 Å². The van der Waals surface area contributed by atoms with Crippen LogP contribution in [0.25, 0.3) is 0 Å². The van der Waals surface area contributed by atoms with Crippen molar-refractivity contribution >= 4 is 17.2 Å². The van der Waals surface area contributed by atoms with E-state index >= 15 is 0 Å². The summed E-state index contributed by atoms with van der Waals surface area (Å²) in [6.45, 7) is 5.85. The lowest BCUT2D eigenvalue weighted by molar-refractivity contribution is 0.353. The van der Waals surface area contributed by atoms with Crippen molar-refractivity contribution in [3.05, 3.63) is 48.0 Å². The number of nitrogens with zero attached hydrogens (tertiary/aromatic N) is 2. The molecule has 152 valence electrons. The Bertz CT molecular complexity index is 911. The van der Waals surface area contributed by atoms with Crippen molar-refractivity contribution in [3.63, 3.8) is 0 Å². The van der Waals surface area contributed by atoms with Crippen LogP contribution in [0, 0.1) is 5.41 Å². The van der Waals surface area contributed by atoms with E-state index in [4.69, 9.17) is 10.1 Å². The number of ether oxygens (including phenoxy) is 1. The number of hydrogen-bond acceptors (Lipinski definition) is 4. The summed E-state index contributed by atoms with van der Waals surface area (Å²) in [5.41, 5.74) is 3.21. The molecule has 29 heavy (non-hydrogen) atoms. The van der Waals surface area contributed by atoms with E-state index in [1.54, 1.807) is 0 Å². The van der Waals surface area contributed by atoms with Gasteiger partial charge < -0.3 is 19.9 Å². The average molecular weight is 391 g/mol. The van der Waals surface area contributed by atoms with Crippen LogP contribution in [0.1, 0.15) is 45.1 Å². The highest BCUT2D eigenvalue weighted by atomic mass is 16.5. The molecule has 0 saturated carbocycles. The molecule has 2 fully saturated rings. The standard InChI is InChI=1S/C24H30N4O/c1-3-27(4-2)24(25)16-9-12-21-23(13-16)29-22-8-6-5-7-20(22)28(21)19-14-17-10-11-18(15-19)26-17/h5-9,12-13,17-19,25-26H,3-4,10-11,14-15H2,1-2H3/t17-,18+,19?. The summed E-state index contributed by atoms with van der Waals surface area (Å²) in [4.78, 5) is 4.58. The SMILES string of the molecule is CCN(CC)C(=N)c1ccc2c(c1)Oc1ccccc1N2C1C[C@H]2CC[C@@H](C1)N2. The number of rotatable bonds is 4. The number of hydrogen-bond donors (Lipinski definition) is 2. The van der Waals surface area contributed by atoms with Crippen LogP contribution in [-0.2, 0) is 0 Å². The minimum absolute atomic E-state index is 0.477. The van der Waals surface area contributed by atoms with Gasteiger partial charge in [0, 0.05) is 36.8 Å². The highest BCUT2D eigenvalue weighted by molar-refractivity contribution is 5.98. The van der Waals surface area contributed by atoms with Crippen LogP contribution in [-0.4, -0.2) is 42.0 Å². The molecule has 3 aliphatic rings. The van der Waals surface area contributed by atoms with Gasteiger partial charge in [-0.05, 0) is 69.9 Å². The van der Waals surface area contributed by atoms with Gasteiger partial charge in [0.2, 0.25) is 0 Å². The maximum atomic E-state index is 8.60. The van der Waals surface area contributed by atoms with Crippen LogP contribution < -0.4 is 15.0 Å². The molecular weight excluding hydrogens is 360 g/mol. The van der Waals surface area contributed by atoms with Crippen LogP contribution in [0.5, 0.6) is 11.5 Å². The molecule has 2 N–H and O–H groups in total. The second-order valence-corrected chi connectivity index (χ2v) is 8.41. The molecule has 1 unspecified atom stereocenters. The number of piperidine rings is 1. The van der Waals surface area contributed by atoms with Crippen molar-refractivity contribution < 1.29 is 4.74 Å². The summed E-state index contributed by atoms with van der Waals surface area (Å²) in [5.74, 6) is 2.34. The topological polar surface area (TPSA) is 51.6 Å². The van der Waals surface area contributed by atoms with Crippen LogP contribution in [0.15, 0.2) is 42.5 Å². The molecule has 2 saturated heterocycles. The third kappa shape index (κ3) is 3.18. The molecule has 0 radical (unpaired) electrons. The number of nitrogens with one attached hydrogen (secondary N) is 2. The maximum absolute atomic E-state index is 8.60. The van der Waals surface area contributed by atoms with Crippen molar-refractivity contribution in [1.82, 2.24) is 10.2 Å². The van der Waals surface area contributed by atoms with E-state index in [2.05, 4.69) is 65.4 Å². The van der Waals surface area contributed by atoms with E-state index in [1.165, 1.54) is 25.7 Å². The van der Waals surface area contributed by atoms with Gasteiger partial charge in [0.15, 0.2) is 11.5 Å². The van der Waals surface area contributed by atoms with Crippen molar-refractivity contribution in [2.45, 2.75) is 57.7 Å². The monoisotopic (exact) mass is 390 g/mol. The number of para-hydroxylation sites is 2. The van der Waals surface area contributed by atoms with Gasteiger partial charge in [-0.25, -0.2) is 0 Å². The molecule has 0 aromatic heterocycles. The predicted octanol–water partition coefficient (Wildman–Crippen LogP) is 4.88. The number of anilines is 2. The van der Waals surface area contributed by atoms with Gasteiger partial charge in [-0.15, -0.1) is 0 Å². The van der Waals surface area contributed by atoms with Gasteiger partial charge in [-0.1, -0.05) is 12.1 Å². The van der Waals surface area contributed by atoms with Gasteiger partial charge in [0.1, 0.15) is 5.84 Å². The zero-order chi connectivity index (χ0) is 20.0. The third-order valence-electron chi connectivity index (χ3n) is 6.73. The second kappa shape index (κ2) is 7.38. The minimum atomic E-state index is 0.477. The van der Waals surface area contributed by atoms with Crippen LogP contribution in [0.3, 0.4) is 0 Å².